The molecule has 8 nitrogen and oxygen atoms in total. The van der Waals surface area contributed by atoms with Crippen molar-refractivity contribution in [3.05, 3.63) is 27.9 Å². The minimum absolute atomic E-state index is 0.0000231. The zero-order valence-corrected chi connectivity index (χ0v) is 11.8. The largest absolute Gasteiger partial charge is 0.464 e. The molecule has 0 atom stereocenters. The lowest BCUT2D eigenvalue weighted by molar-refractivity contribution is -0.384. The van der Waals surface area contributed by atoms with Crippen LogP contribution >= 0.6 is 0 Å². The fourth-order valence-electron chi connectivity index (χ4n) is 1.74. The maximum absolute atomic E-state index is 11.4. The molecular formula is C12H17N3O5. The third-order valence-electron chi connectivity index (χ3n) is 2.43. The molecule has 0 fully saturated rings. The molecule has 8 heteroatoms. The number of aliphatic hydroxyl groups is 1. The molecule has 0 aliphatic rings. The second-order valence-corrected chi connectivity index (χ2v) is 4.96. The van der Waals surface area contributed by atoms with Crippen LogP contribution in [-0.4, -0.2) is 47.3 Å². The number of hydrogen-bond donors (Lipinski definition) is 1. The Morgan fingerprint density at radius 2 is 2.15 bits per heavy atom. The summed E-state index contributed by atoms with van der Waals surface area (Å²) < 4.78 is 4.53. The summed E-state index contributed by atoms with van der Waals surface area (Å²) in [5.74, 6) is -0.683. The number of aromatic nitrogens is 1. The van der Waals surface area contributed by atoms with Gasteiger partial charge in [-0.2, -0.15) is 0 Å². The molecular weight excluding hydrogens is 266 g/mol. The average molecular weight is 283 g/mol. The van der Waals surface area contributed by atoms with Crippen LogP contribution < -0.4 is 4.90 Å². The summed E-state index contributed by atoms with van der Waals surface area (Å²) in [6.07, 6.45) is 0. The van der Waals surface area contributed by atoms with E-state index in [1.165, 1.54) is 24.1 Å². The predicted octanol–water partition coefficient (Wildman–Crippen LogP) is 0.983. The van der Waals surface area contributed by atoms with Gasteiger partial charge >= 0.3 is 11.7 Å². The number of pyridine rings is 1. The normalized spacial score (nSPS) is 11.1. The Bertz CT molecular complexity index is 524. The molecule has 0 unspecified atom stereocenters. The Balaban J connectivity index is 3.25. The number of hydrogen-bond acceptors (Lipinski definition) is 7. The van der Waals surface area contributed by atoms with Crippen LogP contribution in [0.4, 0.5) is 11.5 Å². The molecule has 1 aromatic rings. The van der Waals surface area contributed by atoms with Crippen molar-refractivity contribution in [1.29, 1.82) is 0 Å². The van der Waals surface area contributed by atoms with Crippen molar-refractivity contribution < 1.29 is 19.6 Å². The monoisotopic (exact) mass is 283 g/mol. The van der Waals surface area contributed by atoms with Crippen molar-refractivity contribution in [1.82, 2.24) is 4.98 Å². The van der Waals surface area contributed by atoms with Gasteiger partial charge in [-0.1, -0.05) is 0 Å². The summed E-state index contributed by atoms with van der Waals surface area (Å²) in [6.45, 7) is 3.25. The minimum atomic E-state index is -1.06. The maximum Gasteiger partial charge on any atom is 0.356 e. The Kier molecular flexibility index (Phi) is 4.61. The molecule has 0 aromatic carbocycles. The van der Waals surface area contributed by atoms with Crippen molar-refractivity contribution in [3.63, 3.8) is 0 Å². The van der Waals surface area contributed by atoms with Gasteiger partial charge in [0.15, 0.2) is 5.69 Å². The smallest absolute Gasteiger partial charge is 0.356 e. The molecule has 1 heterocycles. The van der Waals surface area contributed by atoms with E-state index in [0.29, 0.717) is 0 Å². The van der Waals surface area contributed by atoms with Gasteiger partial charge in [-0.3, -0.25) is 10.1 Å². The third kappa shape index (κ3) is 3.89. The van der Waals surface area contributed by atoms with E-state index in [2.05, 4.69) is 9.72 Å². The van der Waals surface area contributed by atoms with Gasteiger partial charge in [0.1, 0.15) is 0 Å². The predicted molar refractivity (Wildman–Crippen MR) is 71.8 cm³/mol. The molecule has 0 aliphatic carbocycles. The first-order valence-electron chi connectivity index (χ1n) is 5.83. The number of esters is 1. The van der Waals surface area contributed by atoms with Gasteiger partial charge in [0.2, 0.25) is 5.82 Å². The van der Waals surface area contributed by atoms with Crippen LogP contribution in [0.15, 0.2) is 12.1 Å². The van der Waals surface area contributed by atoms with Gasteiger partial charge in [0.05, 0.1) is 17.6 Å². The molecule has 1 rings (SSSR count). The summed E-state index contributed by atoms with van der Waals surface area (Å²) >= 11 is 0. The van der Waals surface area contributed by atoms with Gasteiger partial charge in [0, 0.05) is 19.7 Å². The number of likely N-dealkylation sites (N-methyl/N-ethyl adjacent to an activating group) is 1. The number of methoxy groups -OCH3 is 1. The fourth-order valence-corrected chi connectivity index (χ4v) is 1.74. The molecule has 0 amide bonds. The first-order valence-corrected chi connectivity index (χ1v) is 5.83. The van der Waals surface area contributed by atoms with Gasteiger partial charge < -0.3 is 14.7 Å². The maximum atomic E-state index is 11.4. The molecule has 0 bridgehead atoms. The molecule has 110 valence electrons. The molecule has 0 spiro atoms. The fraction of sp³-hybridized carbons (Fsp3) is 0.500. The van der Waals surface area contributed by atoms with Gasteiger partial charge in [-0.15, -0.1) is 0 Å². The van der Waals surface area contributed by atoms with Crippen molar-refractivity contribution in [2.75, 3.05) is 25.6 Å². The van der Waals surface area contributed by atoms with Crippen LogP contribution in [0.2, 0.25) is 0 Å². The van der Waals surface area contributed by atoms with Crippen LogP contribution in [0.1, 0.15) is 24.3 Å². The van der Waals surface area contributed by atoms with E-state index >= 15 is 0 Å². The first kappa shape index (κ1) is 15.8. The van der Waals surface area contributed by atoms with Gasteiger partial charge in [-0.25, -0.2) is 9.78 Å². The van der Waals surface area contributed by atoms with Crippen molar-refractivity contribution in [2.24, 2.45) is 0 Å². The molecule has 0 aliphatic heterocycles. The van der Waals surface area contributed by atoms with E-state index in [-0.39, 0.29) is 23.7 Å². The first-order chi connectivity index (χ1) is 9.15. The Labute approximate surface area is 116 Å². The van der Waals surface area contributed by atoms with Crippen LogP contribution in [-0.2, 0) is 4.74 Å². The average Bonchev–Trinajstić information content (AvgIpc) is 2.34. The lowest BCUT2D eigenvalue weighted by atomic mass is 10.1. The Morgan fingerprint density at radius 1 is 1.55 bits per heavy atom. The zero-order chi connectivity index (χ0) is 15.5. The molecule has 0 radical (unpaired) electrons. The van der Waals surface area contributed by atoms with E-state index in [4.69, 9.17) is 0 Å². The Hall–Kier alpha value is -2.22. The van der Waals surface area contributed by atoms with Crippen LogP contribution in [0.3, 0.4) is 0 Å². The lowest BCUT2D eigenvalue weighted by Gasteiger charge is -2.26. The number of anilines is 1. The summed E-state index contributed by atoms with van der Waals surface area (Å²) in [5, 5.41) is 20.8. The van der Waals surface area contributed by atoms with Crippen molar-refractivity contribution >= 4 is 17.5 Å². The van der Waals surface area contributed by atoms with Gasteiger partial charge in [0.25, 0.3) is 0 Å². The van der Waals surface area contributed by atoms with E-state index in [0.717, 1.165) is 0 Å². The van der Waals surface area contributed by atoms with Crippen molar-refractivity contribution in [3.8, 4) is 0 Å². The highest BCUT2D eigenvalue weighted by molar-refractivity contribution is 5.88. The summed E-state index contributed by atoms with van der Waals surface area (Å²) in [6, 6.07) is 2.42. The molecule has 1 aromatic heterocycles. The standard InChI is InChI=1S/C12H17N3O5/c1-12(2,17)7-14(3)10-9(15(18)19)6-5-8(13-10)11(16)20-4/h5-6,17H,7H2,1-4H3. The van der Waals surface area contributed by atoms with Crippen LogP contribution in [0.25, 0.3) is 0 Å². The highest BCUT2D eigenvalue weighted by atomic mass is 16.6. The van der Waals surface area contributed by atoms with E-state index in [1.807, 2.05) is 0 Å². The number of carbonyl (C=O) groups excluding carboxylic acids is 1. The third-order valence-corrected chi connectivity index (χ3v) is 2.43. The zero-order valence-electron chi connectivity index (χ0n) is 11.8. The van der Waals surface area contributed by atoms with E-state index in [1.54, 1.807) is 20.9 Å². The molecule has 0 saturated carbocycles. The summed E-state index contributed by atoms with van der Waals surface area (Å²) in [7, 11) is 2.75. The second kappa shape index (κ2) is 5.83. The van der Waals surface area contributed by atoms with Crippen LogP contribution in [0, 0.1) is 10.1 Å². The SMILES string of the molecule is COC(=O)c1ccc([N+](=O)[O-])c(N(C)CC(C)(C)O)n1. The topological polar surface area (TPSA) is 106 Å². The van der Waals surface area contributed by atoms with Gasteiger partial charge in [-0.05, 0) is 19.9 Å². The van der Waals surface area contributed by atoms with E-state index < -0.39 is 16.5 Å². The highest BCUT2D eigenvalue weighted by Crippen LogP contribution is 2.26. The lowest BCUT2D eigenvalue weighted by Crippen LogP contribution is -2.37. The number of nitro groups is 1. The van der Waals surface area contributed by atoms with E-state index in [9.17, 15) is 20.0 Å². The highest BCUT2D eigenvalue weighted by Gasteiger charge is 2.25. The second-order valence-electron chi connectivity index (χ2n) is 4.96. The summed E-state index contributed by atoms with van der Waals surface area (Å²) in [4.78, 5) is 27.2. The minimum Gasteiger partial charge on any atom is -0.464 e. The van der Waals surface area contributed by atoms with Crippen molar-refractivity contribution in [2.45, 2.75) is 19.4 Å². The number of rotatable bonds is 5. The number of nitrogens with zero attached hydrogens (tertiary/aromatic N) is 3. The van der Waals surface area contributed by atoms with Crippen LogP contribution in [0.5, 0.6) is 0 Å². The molecule has 0 saturated heterocycles. The molecule has 1 N–H and O–H groups in total. The Morgan fingerprint density at radius 3 is 2.60 bits per heavy atom. The summed E-state index contributed by atoms with van der Waals surface area (Å²) in [5.41, 5.74) is -1.34. The number of carbonyl (C=O) groups is 1. The molecule has 20 heavy (non-hydrogen) atoms. The quantitative estimate of drug-likeness (QED) is 0.487. The number of ether oxygens (including phenoxy) is 1.